The van der Waals surface area contributed by atoms with Crippen LogP contribution in [0.25, 0.3) is 0 Å². The molecule has 0 amide bonds. The topological polar surface area (TPSA) is 61.6 Å². The Morgan fingerprint density at radius 1 is 1.38 bits per heavy atom. The fourth-order valence-corrected chi connectivity index (χ4v) is 3.22. The van der Waals surface area contributed by atoms with Gasteiger partial charge in [-0.2, -0.15) is 0 Å². The van der Waals surface area contributed by atoms with E-state index in [1.807, 2.05) is 12.1 Å². The Labute approximate surface area is 131 Å². The third-order valence-electron chi connectivity index (χ3n) is 2.95. The second-order valence-electron chi connectivity index (χ2n) is 4.35. The van der Waals surface area contributed by atoms with Gasteiger partial charge in [0.25, 0.3) is 0 Å². The standard InChI is InChI=1S/C14H14ClNO4S/c1-19-10-5-6-12(20-2)13(8-10)21-11-4-3-7-14(15,9-11)16(17)18/h3-6,8-9H,7H2,1-2H3. The van der Waals surface area contributed by atoms with Crippen LogP contribution in [0, 0.1) is 10.1 Å². The first kappa shape index (κ1) is 15.7. The molecule has 0 aromatic heterocycles. The average Bonchev–Trinajstić information content (AvgIpc) is 2.47. The summed E-state index contributed by atoms with van der Waals surface area (Å²) in [5.74, 6) is 1.35. The zero-order valence-corrected chi connectivity index (χ0v) is 13.1. The summed E-state index contributed by atoms with van der Waals surface area (Å²) in [4.78, 5) is 10.5. The van der Waals surface area contributed by atoms with E-state index in [1.165, 1.54) is 17.8 Å². The third-order valence-corrected chi connectivity index (χ3v) is 4.38. The molecule has 1 atom stereocenters. The molecule has 2 rings (SSSR count). The lowest BCUT2D eigenvalue weighted by molar-refractivity contribution is -0.527. The molecule has 0 saturated carbocycles. The smallest absolute Gasteiger partial charge is 0.318 e. The Bertz CT molecular complexity index is 617. The number of rotatable bonds is 5. The first-order chi connectivity index (χ1) is 9.98. The van der Waals surface area contributed by atoms with E-state index >= 15 is 0 Å². The highest BCUT2D eigenvalue weighted by Crippen LogP contribution is 2.41. The number of nitro groups is 1. The van der Waals surface area contributed by atoms with Crippen LogP contribution in [0.2, 0.25) is 0 Å². The summed E-state index contributed by atoms with van der Waals surface area (Å²) in [6, 6.07) is 5.39. The van der Waals surface area contributed by atoms with Crippen LogP contribution in [0.15, 0.2) is 46.2 Å². The molecule has 0 bridgehead atoms. The van der Waals surface area contributed by atoms with E-state index < -0.39 is 9.92 Å². The van der Waals surface area contributed by atoms with Crippen LogP contribution in [-0.4, -0.2) is 24.1 Å². The Hall–Kier alpha value is -1.66. The van der Waals surface area contributed by atoms with E-state index in [4.69, 9.17) is 21.1 Å². The van der Waals surface area contributed by atoms with Crippen molar-refractivity contribution >= 4 is 23.4 Å². The van der Waals surface area contributed by atoms with E-state index in [2.05, 4.69) is 0 Å². The molecule has 0 saturated heterocycles. The van der Waals surface area contributed by atoms with Gasteiger partial charge in [-0.05, 0) is 29.8 Å². The number of alkyl halides is 1. The zero-order chi connectivity index (χ0) is 15.5. The van der Waals surface area contributed by atoms with E-state index in [9.17, 15) is 10.1 Å². The van der Waals surface area contributed by atoms with Crippen molar-refractivity contribution in [3.05, 3.63) is 51.4 Å². The van der Waals surface area contributed by atoms with Crippen molar-refractivity contribution in [1.29, 1.82) is 0 Å². The number of allylic oxidation sites excluding steroid dienone is 1. The van der Waals surface area contributed by atoms with Crippen molar-refractivity contribution in [3.8, 4) is 11.5 Å². The van der Waals surface area contributed by atoms with Gasteiger partial charge < -0.3 is 9.47 Å². The Morgan fingerprint density at radius 3 is 2.76 bits per heavy atom. The predicted molar refractivity (Wildman–Crippen MR) is 82.8 cm³/mol. The van der Waals surface area contributed by atoms with Crippen LogP contribution in [0.4, 0.5) is 0 Å². The van der Waals surface area contributed by atoms with E-state index in [0.29, 0.717) is 16.4 Å². The lowest BCUT2D eigenvalue weighted by Crippen LogP contribution is -2.30. The number of ether oxygens (including phenoxy) is 2. The predicted octanol–water partition coefficient (Wildman–Crippen LogP) is 3.85. The molecule has 0 spiro atoms. The first-order valence-corrected chi connectivity index (χ1v) is 7.30. The second-order valence-corrected chi connectivity index (χ2v) is 6.12. The number of nitrogens with zero attached hydrogens (tertiary/aromatic N) is 1. The van der Waals surface area contributed by atoms with Gasteiger partial charge in [-0.1, -0.05) is 23.9 Å². The molecule has 1 aliphatic carbocycles. The molecule has 112 valence electrons. The largest absolute Gasteiger partial charge is 0.497 e. The quantitative estimate of drug-likeness (QED) is 0.356. The lowest BCUT2D eigenvalue weighted by Gasteiger charge is -2.18. The molecule has 0 N–H and O–H groups in total. The zero-order valence-electron chi connectivity index (χ0n) is 11.5. The van der Waals surface area contributed by atoms with E-state index in [-0.39, 0.29) is 6.42 Å². The van der Waals surface area contributed by atoms with Crippen LogP contribution in [0.1, 0.15) is 6.42 Å². The maximum atomic E-state index is 11.0. The van der Waals surface area contributed by atoms with E-state index in [0.717, 1.165) is 4.90 Å². The summed E-state index contributed by atoms with van der Waals surface area (Å²) in [7, 11) is 3.15. The van der Waals surface area contributed by atoms with Gasteiger partial charge in [-0.15, -0.1) is 0 Å². The molecular weight excluding hydrogens is 314 g/mol. The van der Waals surface area contributed by atoms with Crippen molar-refractivity contribution < 1.29 is 14.4 Å². The van der Waals surface area contributed by atoms with Crippen molar-refractivity contribution in [2.75, 3.05) is 14.2 Å². The molecule has 1 aliphatic rings. The molecule has 1 unspecified atom stereocenters. The van der Waals surface area contributed by atoms with Crippen LogP contribution < -0.4 is 9.47 Å². The van der Waals surface area contributed by atoms with Gasteiger partial charge in [0.2, 0.25) is 0 Å². The number of benzene rings is 1. The minimum absolute atomic E-state index is 0.168. The van der Waals surface area contributed by atoms with Crippen molar-refractivity contribution in [2.45, 2.75) is 16.3 Å². The molecular formula is C14H14ClNO4S. The lowest BCUT2D eigenvalue weighted by atomic mass is 10.1. The number of thioether (sulfide) groups is 1. The van der Waals surface area contributed by atoms with Gasteiger partial charge >= 0.3 is 5.00 Å². The van der Waals surface area contributed by atoms with Gasteiger partial charge in [0.05, 0.1) is 25.5 Å². The molecule has 0 aliphatic heterocycles. The van der Waals surface area contributed by atoms with Gasteiger partial charge in [-0.25, -0.2) is 0 Å². The maximum absolute atomic E-state index is 11.0. The number of methoxy groups -OCH3 is 2. The van der Waals surface area contributed by atoms with E-state index in [1.54, 1.807) is 32.4 Å². The third kappa shape index (κ3) is 3.51. The Morgan fingerprint density at radius 2 is 2.14 bits per heavy atom. The molecule has 7 heteroatoms. The fraction of sp³-hybridized carbons (Fsp3) is 0.286. The number of halogens is 1. The first-order valence-electron chi connectivity index (χ1n) is 6.11. The Balaban J connectivity index is 2.31. The van der Waals surface area contributed by atoms with Gasteiger partial charge in [0.15, 0.2) is 0 Å². The van der Waals surface area contributed by atoms with Crippen molar-refractivity contribution in [3.63, 3.8) is 0 Å². The van der Waals surface area contributed by atoms with Crippen molar-refractivity contribution in [2.24, 2.45) is 0 Å². The molecule has 5 nitrogen and oxygen atoms in total. The number of hydrogen-bond acceptors (Lipinski definition) is 5. The Kier molecular flexibility index (Phi) is 4.80. The van der Waals surface area contributed by atoms with Gasteiger partial charge in [-0.3, -0.25) is 10.1 Å². The summed E-state index contributed by atoms with van der Waals surface area (Å²) in [6.45, 7) is 0. The maximum Gasteiger partial charge on any atom is 0.318 e. The summed E-state index contributed by atoms with van der Waals surface area (Å²) >= 11 is 7.35. The number of hydrogen-bond donors (Lipinski definition) is 0. The highest BCUT2D eigenvalue weighted by Gasteiger charge is 2.38. The average molecular weight is 328 g/mol. The van der Waals surface area contributed by atoms with Crippen molar-refractivity contribution in [1.82, 2.24) is 0 Å². The fourth-order valence-electron chi connectivity index (χ4n) is 1.85. The van der Waals surface area contributed by atoms with Crippen LogP contribution in [-0.2, 0) is 0 Å². The molecule has 1 aromatic rings. The van der Waals surface area contributed by atoms with Gasteiger partial charge in [0, 0.05) is 15.9 Å². The summed E-state index contributed by atoms with van der Waals surface area (Å²) in [6.07, 6.45) is 5.14. The summed E-state index contributed by atoms with van der Waals surface area (Å²) < 4.78 is 10.5. The van der Waals surface area contributed by atoms with Crippen LogP contribution in [0.3, 0.4) is 0 Å². The monoisotopic (exact) mass is 327 g/mol. The molecule has 0 fully saturated rings. The molecule has 1 aromatic carbocycles. The summed E-state index contributed by atoms with van der Waals surface area (Å²) in [5, 5.41) is 11.0. The molecule has 0 radical (unpaired) electrons. The van der Waals surface area contributed by atoms with Crippen LogP contribution >= 0.6 is 23.4 Å². The SMILES string of the molecule is COc1ccc(OC)c(SC2=CC(Cl)([N+](=O)[O-])CC=C2)c1. The van der Waals surface area contributed by atoms with Gasteiger partial charge in [0.1, 0.15) is 11.5 Å². The highest BCUT2D eigenvalue weighted by atomic mass is 35.5. The molecule has 21 heavy (non-hydrogen) atoms. The summed E-state index contributed by atoms with van der Waals surface area (Å²) in [5.41, 5.74) is 0. The highest BCUT2D eigenvalue weighted by molar-refractivity contribution is 8.03. The minimum atomic E-state index is -1.58. The normalized spacial score (nSPS) is 20.8. The molecule has 0 heterocycles. The van der Waals surface area contributed by atoms with Crippen LogP contribution in [0.5, 0.6) is 11.5 Å². The second kappa shape index (κ2) is 6.41. The minimum Gasteiger partial charge on any atom is -0.497 e.